The van der Waals surface area contributed by atoms with E-state index in [-0.39, 0.29) is 5.91 Å². The van der Waals surface area contributed by atoms with Gasteiger partial charge in [0.1, 0.15) is 12.4 Å². The molecule has 1 atom stereocenters. The van der Waals surface area contributed by atoms with Gasteiger partial charge in [0, 0.05) is 0 Å². The summed E-state index contributed by atoms with van der Waals surface area (Å²) in [4.78, 5) is 12.4. The molecule has 0 aliphatic carbocycles. The highest BCUT2D eigenvalue weighted by atomic mass is 16.5. The molecule has 0 heterocycles. The smallest absolute Gasteiger partial charge is 0.261 e. The zero-order chi connectivity index (χ0) is 18.9. The van der Waals surface area contributed by atoms with Gasteiger partial charge in [-0.15, -0.1) is 0 Å². The van der Waals surface area contributed by atoms with Crippen molar-refractivity contribution in [2.45, 2.75) is 33.3 Å². The second-order valence-corrected chi connectivity index (χ2v) is 6.05. The highest BCUT2D eigenvalue weighted by Crippen LogP contribution is 2.27. The number of amides is 1. The molecule has 2 aromatic carbocycles. The van der Waals surface area contributed by atoms with E-state index in [1.165, 1.54) is 11.1 Å². The molecule has 0 radical (unpaired) electrons. The molecule has 0 saturated heterocycles. The summed E-state index contributed by atoms with van der Waals surface area (Å²) >= 11 is 0. The molecule has 26 heavy (non-hydrogen) atoms. The van der Waals surface area contributed by atoms with Gasteiger partial charge in [0.2, 0.25) is 0 Å². The summed E-state index contributed by atoms with van der Waals surface area (Å²) in [7, 11) is 1.58. The standard InChI is InChI=1S/C21H27NO4/c1-5-18(26-20-9-7-6-8-19(20)24-4)21(23)22-12-13-25-17-11-10-15(2)16(3)14-17/h6-11,14,18H,5,12-13H2,1-4H3,(H,22,23)/t18-/m1/s1. The lowest BCUT2D eigenvalue weighted by Crippen LogP contribution is -2.39. The van der Waals surface area contributed by atoms with E-state index in [4.69, 9.17) is 14.2 Å². The Morgan fingerprint density at radius 3 is 2.46 bits per heavy atom. The molecule has 0 fully saturated rings. The Hall–Kier alpha value is -2.69. The number of hydrogen-bond donors (Lipinski definition) is 1. The predicted molar refractivity (Wildman–Crippen MR) is 102 cm³/mol. The molecule has 1 N–H and O–H groups in total. The van der Waals surface area contributed by atoms with Crippen LogP contribution in [0.15, 0.2) is 42.5 Å². The second-order valence-electron chi connectivity index (χ2n) is 6.05. The molecule has 0 aliphatic rings. The molecule has 1 amide bonds. The zero-order valence-electron chi connectivity index (χ0n) is 15.9. The van der Waals surface area contributed by atoms with Crippen LogP contribution in [0.5, 0.6) is 17.2 Å². The summed E-state index contributed by atoms with van der Waals surface area (Å²) in [6.45, 7) is 6.83. The average molecular weight is 357 g/mol. The highest BCUT2D eigenvalue weighted by molar-refractivity contribution is 5.81. The van der Waals surface area contributed by atoms with E-state index in [1.807, 2.05) is 44.2 Å². The SMILES string of the molecule is CC[C@@H](Oc1ccccc1OC)C(=O)NCCOc1ccc(C)c(C)c1. The van der Waals surface area contributed by atoms with E-state index in [0.29, 0.717) is 31.1 Å². The van der Waals surface area contributed by atoms with Crippen LogP contribution in [-0.2, 0) is 4.79 Å². The molecule has 0 spiro atoms. The third-order valence-corrected chi connectivity index (χ3v) is 4.15. The molecule has 2 aromatic rings. The quantitative estimate of drug-likeness (QED) is 0.696. The number of para-hydroxylation sites is 2. The molecular formula is C21H27NO4. The number of methoxy groups -OCH3 is 1. The molecule has 0 bridgehead atoms. The number of benzene rings is 2. The molecule has 0 saturated carbocycles. The van der Waals surface area contributed by atoms with E-state index in [9.17, 15) is 4.79 Å². The van der Waals surface area contributed by atoms with Gasteiger partial charge >= 0.3 is 0 Å². The minimum atomic E-state index is -0.576. The fourth-order valence-electron chi connectivity index (χ4n) is 2.45. The topological polar surface area (TPSA) is 56.8 Å². The van der Waals surface area contributed by atoms with Gasteiger partial charge in [-0.2, -0.15) is 0 Å². The first-order valence-electron chi connectivity index (χ1n) is 8.82. The first-order valence-corrected chi connectivity index (χ1v) is 8.82. The Labute approximate surface area is 155 Å². The van der Waals surface area contributed by atoms with Gasteiger partial charge in [0.05, 0.1) is 13.7 Å². The van der Waals surface area contributed by atoms with Crippen molar-refractivity contribution in [2.75, 3.05) is 20.3 Å². The van der Waals surface area contributed by atoms with Crippen LogP contribution in [0.4, 0.5) is 0 Å². The van der Waals surface area contributed by atoms with E-state index in [1.54, 1.807) is 19.2 Å². The summed E-state index contributed by atoms with van der Waals surface area (Å²) in [6, 6.07) is 13.3. The van der Waals surface area contributed by atoms with Crippen LogP contribution >= 0.6 is 0 Å². The van der Waals surface area contributed by atoms with Crippen molar-refractivity contribution < 1.29 is 19.0 Å². The van der Waals surface area contributed by atoms with E-state index >= 15 is 0 Å². The van der Waals surface area contributed by atoms with Crippen LogP contribution in [0, 0.1) is 13.8 Å². The van der Waals surface area contributed by atoms with Gasteiger partial charge in [-0.1, -0.05) is 25.1 Å². The number of ether oxygens (including phenoxy) is 3. The lowest BCUT2D eigenvalue weighted by Gasteiger charge is -2.19. The summed E-state index contributed by atoms with van der Waals surface area (Å²) in [5.41, 5.74) is 2.41. The zero-order valence-corrected chi connectivity index (χ0v) is 15.9. The highest BCUT2D eigenvalue weighted by Gasteiger charge is 2.19. The Balaban J connectivity index is 1.82. The van der Waals surface area contributed by atoms with Gasteiger partial charge in [-0.25, -0.2) is 0 Å². The van der Waals surface area contributed by atoms with E-state index in [2.05, 4.69) is 12.2 Å². The van der Waals surface area contributed by atoms with Crippen molar-refractivity contribution in [2.24, 2.45) is 0 Å². The molecule has 140 valence electrons. The van der Waals surface area contributed by atoms with Crippen LogP contribution < -0.4 is 19.5 Å². The molecule has 0 aromatic heterocycles. The van der Waals surface area contributed by atoms with Gasteiger partial charge in [-0.3, -0.25) is 4.79 Å². The van der Waals surface area contributed by atoms with Gasteiger partial charge in [0.15, 0.2) is 17.6 Å². The summed E-state index contributed by atoms with van der Waals surface area (Å²) in [6.07, 6.45) is -0.0186. The van der Waals surface area contributed by atoms with Crippen molar-refractivity contribution in [3.8, 4) is 17.2 Å². The van der Waals surface area contributed by atoms with Crippen molar-refractivity contribution in [3.63, 3.8) is 0 Å². The maximum absolute atomic E-state index is 12.4. The molecular weight excluding hydrogens is 330 g/mol. The lowest BCUT2D eigenvalue weighted by molar-refractivity contribution is -0.128. The second kappa shape index (κ2) is 9.70. The summed E-state index contributed by atoms with van der Waals surface area (Å²) in [5, 5.41) is 2.86. The van der Waals surface area contributed by atoms with Crippen LogP contribution in [-0.4, -0.2) is 32.3 Å². The molecule has 5 heteroatoms. The van der Waals surface area contributed by atoms with Gasteiger partial charge in [0.25, 0.3) is 5.91 Å². The number of rotatable bonds is 9. The van der Waals surface area contributed by atoms with Crippen molar-refractivity contribution in [1.82, 2.24) is 5.32 Å². The first-order chi connectivity index (χ1) is 12.5. The fourth-order valence-corrected chi connectivity index (χ4v) is 2.45. The van der Waals surface area contributed by atoms with E-state index < -0.39 is 6.10 Å². The number of carbonyl (C=O) groups is 1. The third kappa shape index (κ3) is 5.41. The van der Waals surface area contributed by atoms with Crippen molar-refractivity contribution >= 4 is 5.91 Å². The summed E-state index contributed by atoms with van der Waals surface area (Å²) in [5.74, 6) is 1.81. The fraction of sp³-hybridized carbons (Fsp3) is 0.381. The van der Waals surface area contributed by atoms with Gasteiger partial charge < -0.3 is 19.5 Å². The number of hydrogen-bond acceptors (Lipinski definition) is 4. The number of nitrogens with one attached hydrogen (secondary N) is 1. The summed E-state index contributed by atoms with van der Waals surface area (Å²) < 4.78 is 16.8. The van der Waals surface area contributed by atoms with Crippen molar-refractivity contribution in [1.29, 1.82) is 0 Å². The van der Waals surface area contributed by atoms with Crippen LogP contribution in [0.2, 0.25) is 0 Å². The molecule has 2 rings (SSSR count). The first kappa shape index (κ1) is 19.6. The molecule has 5 nitrogen and oxygen atoms in total. The minimum absolute atomic E-state index is 0.165. The maximum atomic E-state index is 12.4. The van der Waals surface area contributed by atoms with Crippen molar-refractivity contribution in [3.05, 3.63) is 53.6 Å². The Morgan fingerprint density at radius 1 is 1.08 bits per heavy atom. The van der Waals surface area contributed by atoms with Crippen LogP contribution in [0.1, 0.15) is 24.5 Å². The normalized spacial score (nSPS) is 11.5. The molecule has 0 unspecified atom stereocenters. The minimum Gasteiger partial charge on any atom is -0.493 e. The Morgan fingerprint density at radius 2 is 1.81 bits per heavy atom. The Bertz CT molecular complexity index is 730. The maximum Gasteiger partial charge on any atom is 0.261 e. The van der Waals surface area contributed by atoms with Crippen LogP contribution in [0.3, 0.4) is 0 Å². The monoisotopic (exact) mass is 357 g/mol. The van der Waals surface area contributed by atoms with Gasteiger partial charge in [-0.05, 0) is 55.7 Å². The number of aryl methyl sites for hydroxylation is 2. The Kier molecular flexibility index (Phi) is 7.33. The predicted octanol–water partition coefficient (Wildman–Crippen LogP) is 3.66. The number of carbonyl (C=O) groups excluding carboxylic acids is 1. The van der Waals surface area contributed by atoms with E-state index in [0.717, 1.165) is 5.75 Å². The lowest BCUT2D eigenvalue weighted by atomic mass is 10.1. The largest absolute Gasteiger partial charge is 0.493 e. The van der Waals surface area contributed by atoms with Crippen LogP contribution in [0.25, 0.3) is 0 Å². The molecule has 0 aliphatic heterocycles. The third-order valence-electron chi connectivity index (χ3n) is 4.15. The average Bonchev–Trinajstić information content (AvgIpc) is 2.66.